The Morgan fingerprint density at radius 3 is 2.19 bits per heavy atom. The molecule has 2 aromatic rings. The van der Waals surface area contributed by atoms with Gasteiger partial charge in [-0.05, 0) is 29.8 Å². The molecular weight excluding hydrogens is 286 g/mol. The summed E-state index contributed by atoms with van der Waals surface area (Å²) in [5.74, 6) is -3.44. The molecule has 0 aliphatic carbocycles. The Hall–Kier alpha value is -2.08. The molecule has 0 radical (unpaired) electrons. The van der Waals surface area contributed by atoms with E-state index in [1.165, 1.54) is 13.2 Å². The SMILES string of the molecule is COC[C@H](Nc1cc(F)cc(F)c1)c1ccc(F)c(F)c1. The van der Waals surface area contributed by atoms with E-state index in [2.05, 4.69) is 5.32 Å². The standard InChI is InChI=1S/C15H13F4NO/c1-21-8-15(9-2-3-13(18)14(19)4-9)20-12-6-10(16)5-11(17)7-12/h2-7,15,20H,8H2,1H3/t15-/m0/s1. The van der Waals surface area contributed by atoms with Crippen LogP contribution in [0.3, 0.4) is 0 Å². The Balaban J connectivity index is 2.27. The molecule has 0 aliphatic heterocycles. The monoisotopic (exact) mass is 299 g/mol. The van der Waals surface area contributed by atoms with Gasteiger partial charge < -0.3 is 10.1 Å². The largest absolute Gasteiger partial charge is 0.382 e. The van der Waals surface area contributed by atoms with Crippen molar-refractivity contribution in [2.24, 2.45) is 0 Å². The van der Waals surface area contributed by atoms with Gasteiger partial charge in [-0.25, -0.2) is 17.6 Å². The second-order valence-corrected chi connectivity index (χ2v) is 4.48. The van der Waals surface area contributed by atoms with Crippen LogP contribution in [0.15, 0.2) is 36.4 Å². The molecule has 2 rings (SSSR count). The average Bonchev–Trinajstić information content (AvgIpc) is 2.40. The number of anilines is 1. The van der Waals surface area contributed by atoms with Crippen LogP contribution in [-0.2, 0) is 4.74 Å². The molecule has 0 bridgehead atoms. The molecule has 0 unspecified atom stereocenters. The Morgan fingerprint density at radius 1 is 0.952 bits per heavy atom. The lowest BCUT2D eigenvalue weighted by Gasteiger charge is -2.20. The summed E-state index contributed by atoms with van der Waals surface area (Å²) >= 11 is 0. The van der Waals surface area contributed by atoms with E-state index >= 15 is 0 Å². The first-order chi connectivity index (χ1) is 9.99. The van der Waals surface area contributed by atoms with Crippen LogP contribution in [0.4, 0.5) is 23.2 Å². The number of benzene rings is 2. The minimum absolute atomic E-state index is 0.114. The van der Waals surface area contributed by atoms with Crippen LogP contribution >= 0.6 is 0 Å². The first-order valence-electron chi connectivity index (χ1n) is 6.16. The molecule has 2 nitrogen and oxygen atoms in total. The van der Waals surface area contributed by atoms with Gasteiger partial charge in [0.2, 0.25) is 0 Å². The van der Waals surface area contributed by atoms with Gasteiger partial charge in [0.15, 0.2) is 11.6 Å². The van der Waals surface area contributed by atoms with Crippen LogP contribution in [-0.4, -0.2) is 13.7 Å². The summed E-state index contributed by atoms with van der Waals surface area (Å²) in [5, 5.41) is 2.83. The zero-order valence-electron chi connectivity index (χ0n) is 11.2. The molecule has 0 spiro atoms. The maximum absolute atomic E-state index is 13.3. The summed E-state index contributed by atoms with van der Waals surface area (Å²) in [6, 6.07) is 5.75. The minimum atomic E-state index is -0.999. The van der Waals surface area contributed by atoms with Gasteiger partial charge in [0.05, 0.1) is 12.6 Å². The van der Waals surface area contributed by atoms with Crippen LogP contribution in [0.1, 0.15) is 11.6 Å². The van der Waals surface area contributed by atoms with E-state index in [0.29, 0.717) is 5.56 Å². The van der Waals surface area contributed by atoms with Crippen LogP contribution < -0.4 is 5.32 Å². The van der Waals surface area contributed by atoms with E-state index in [-0.39, 0.29) is 12.3 Å². The quantitative estimate of drug-likeness (QED) is 0.841. The summed E-state index contributed by atoms with van der Waals surface area (Å²) in [6.07, 6.45) is 0. The highest BCUT2D eigenvalue weighted by atomic mass is 19.2. The summed E-state index contributed by atoms with van der Waals surface area (Å²) < 4.78 is 57.6. The van der Waals surface area contributed by atoms with Crippen molar-refractivity contribution in [3.05, 3.63) is 65.2 Å². The lowest BCUT2D eigenvalue weighted by molar-refractivity contribution is 0.186. The highest BCUT2D eigenvalue weighted by molar-refractivity contribution is 5.46. The predicted molar refractivity (Wildman–Crippen MR) is 71.0 cm³/mol. The lowest BCUT2D eigenvalue weighted by Crippen LogP contribution is -2.17. The summed E-state index contributed by atoms with van der Waals surface area (Å²) in [4.78, 5) is 0. The zero-order chi connectivity index (χ0) is 15.4. The van der Waals surface area contributed by atoms with E-state index in [9.17, 15) is 17.6 Å². The van der Waals surface area contributed by atoms with Crippen molar-refractivity contribution < 1.29 is 22.3 Å². The third-order valence-electron chi connectivity index (χ3n) is 2.88. The van der Waals surface area contributed by atoms with Gasteiger partial charge in [-0.2, -0.15) is 0 Å². The van der Waals surface area contributed by atoms with Crippen molar-refractivity contribution in [1.82, 2.24) is 0 Å². The van der Waals surface area contributed by atoms with Gasteiger partial charge in [-0.3, -0.25) is 0 Å². The van der Waals surface area contributed by atoms with Crippen LogP contribution in [0.25, 0.3) is 0 Å². The van der Waals surface area contributed by atoms with E-state index in [0.717, 1.165) is 30.3 Å². The number of rotatable bonds is 5. The van der Waals surface area contributed by atoms with E-state index in [1.807, 2.05) is 0 Å². The van der Waals surface area contributed by atoms with Gasteiger partial charge in [0, 0.05) is 18.9 Å². The molecule has 1 atom stereocenters. The second-order valence-electron chi connectivity index (χ2n) is 4.48. The fourth-order valence-corrected chi connectivity index (χ4v) is 1.96. The normalized spacial score (nSPS) is 12.2. The minimum Gasteiger partial charge on any atom is -0.382 e. The maximum atomic E-state index is 13.3. The lowest BCUT2D eigenvalue weighted by atomic mass is 10.1. The van der Waals surface area contributed by atoms with E-state index in [4.69, 9.17) is 4.74 Å². The average molecular weight is 299 g/mol. The molecule has 0 fully saturated rings. The molecule has 1 N–H and O–H groups in total. The molecule has 0 aromatic heterocycles. The van der Waals surface area contributed by atoms with Crippen molar-refractivity contribution in [2.45, 2.75) is 6.04 Å². The first-order valence-corrected chi connectivity index (χ1v) is 6.16. The summed E-state index contributed by atoms with van der Waals surface area (Å²) in [5.41, 5.74) is 0.583. The number of hydrogen-bond donors (Lipinski definition) is 1. The summed E-state index contributed by atoms with van der Waals surface area (Å²) in [6.45, 7) is 0.114. The van der Waals surface area contributed by atoms with Crippen molar-refractivity contribution in [3.63, 3.8) is 0 Å². The Labute approximate surface area is 119 Å². The van der Waals surface area contributed by atoms with E-state index < -0.39 is 29.3 Å². The van der Waals surface area contributed by atoms with Gasteiger partial charge in [-0.15, -0.1) is 0 Å². The topological polar surface area (TPSA) is 21.3 Å². The zero-order valence-corrected chi connectivity index (χ0v) is 11.2. The second kappa shape index (κ2) is 6.58. The van der Waals surface area contributed by atoms with Crippen molar-refractivity contribution in [2.75, 3.05) is 19.0 Å². The number of halogens is 4. The van der Waals surface area contributed by atoms with Gasteiger partial charge >= 0.3 is 0 Å². The molecule has 0 aliphatic rings. The highest BCUT2D eigenvalue weighted by Crippen LogP contribution is 2.23. The molecule has 6 heteroatoms. The third-order valence-corrected chi connectivity index (χ3v) is 2.88. The molecule has 0 heterocycles. The van der Waals surface area contributed by atoms with Crippen LogP contribution in [0.5, 0.6) is 0 Å². The Bertz CT molecular complexity index is 613. The smallest absolute Gasteiger partial charge is 0.159 e. The molecule has 112 valence electrons. The third kappa shape index (κ3) is 3.95. The number of methoxy groups -OCH3 is 1. The molecule has 0 amide bonds. The highest BCUT2D eigenvalue weighted by Gasteiger charge is 2.14. The molecule has 0 saturated heterocycles. The van der Waals surface area contributed by atoms with Crippen LogP contribution in [0, 0.1) is 23.3 Å². The van der Waals surface area contributed by atoms with Gasteiger partial charge in [0.1, 0.15) is 11.6 Å². The van der Waals surface area contributed by atoms with Crippen molar-refractivity contribution >= 4 is 5.69 Å². The first kappa shape index (κ1) is 15.3. The van der Waals surface area contributed by atoms with Crippen molar-refractivity contribution in [3.8, 4) is 0 Å². The van der Waals surface area contributed by atoms with Gasteiger partial charge in [0.25, 0.3) is 0 Å². The maximum Gasteiger partial charge on any atom is 0.159 e. The number of nitrogens with one attached hydrogen (secondary N) is 1. The van der Waals surface area contributed by atoms with Crippen LogP contribution in [0.2, 0.25) is 0 Å². The molecular formula is C15H13F4NO. The Morgan fingerprint density at radius 2 is 1.62 bits per heavy atom. The molecule has 21 heavy (non-hydrogen) atoms. The molecule has 2 aromatic carbocycles. The number of hydrogen-bond acceptors (Lipinski definition) is 2. The van der Waals surface area contributed by atoms with E-state index in [1.54, 1.807) is 0 Å². The predicted octanol–water partition coefficient (Wildman–Crippen LogP) is 4.04. The fourth-order valence-electron chi connectivity index (χ4n) is 1.96. The molecule has 0 saturated carbocycles. The van der Waals surface area contributed by atoms with Gasteiger partial charge in [-0.1, -0.05) is 6.07 Å². The number of ether oxygens (including phenoxy) is 1. The summed E-state index contributed by atoms with van der Waals surface area (Å²) in [7, 11) is 1.43. The Kier molecular flexibility index (Phi) is 4.80. The van der Waals surface area contributed by atoms with Crippen molar-refractivity contribution in [1.29, 1.82) is 0 Å². The fraction of sp³-hybridized carbons (Fsp3) is 0.200.